The molecule has 4 heterocycles. The smallest absolute Gasteiger partial charge is 0.225 e. The van der Waals surface area contributed by atoms with Crippen LogP contribution < -0.4 is 0 Å². The molecular formula is C18H12N8O3. The standard InChI is InChI=1S/C12H8N6O2.C6H4N2O/c19-7-3-1-5-13-9(7)11-15-17-12(18-16-11)10-8(20)4-2-6-14-10;7-4-5-6(9)2-1-3-8-5/h1-6,19-20H;1-3,9H. The molecule has 0 aliphatic rings. The third-order valence-electron chi connectivity index (χ3n) is 3.37. The van der Waals surface area contributed by atoms with Gasteiger partial charge < -0.3 is 15.3 Å². The van der Waals surface area contributed by atoms with E-state index in [1.54, 1.807) is 24.3 Å². The van der Waals surface area contributed by atoms with Crippen LogP contribution in [0.15, 0.2) is 55.0 Å². The molecule has 11 nitrogen and oxygen atoms in total. The van der Waals surface area contributed by atoms with E-state index in [0.29, 0.717) is 0 Å². The highest BCUT2D eigenvalue weighted by molar-refractivity contribution is 5.59. The van der Waals surface area contributed by atoms with Crippen LogP contribution in [0.5, 0.6) is 17.2 Å². The van der Waals surface area contributed by atoms with Gasteiger partial charge >= 0.3 is 0 Å². The molecule has 0 saturated heterocycles. The quantitative estimate of drug-likeness (QED) is 0.453. The second kappa shape index (κ2) is 8.78. The molecule has 4 aromatic heterocycles. The summed E-state index contributed by atoms with van der Waals surface area (Å²) in [7, 11) is 0. The highest BCUT2D eigenvalue weighted by Gasteiger charge is 2.13. The van der Waals surface area contributed by atoms with E-state index < -0.39 is 0 Å². The summed E-state index contributed by atoms with van der Waals surface area (Å²) in [6.45, 7) is 0. The third-order valence-corrected chi connectivity index (χ3v) is 3.37. The Morgan fingerprint density at radius 1 is 0.621 bits per heavy atom. The van der Waals surface area contributed by atoms with E-state index in [1.807, 2.05) is 0 Å². The van der Waals surface area contributed by atoms with Crippen LogP contribution in [0.25, 0.3) is 23.0 Å². The Kier molecular flexibility index (Phi) is 5.77. The second-order valence-corrected chi connectivity index (χ2v) is 5.27. The van der Waals surface area contributed by atoms with Crippen molar-refractivity contribution in [3.8, 4) is 46.4 Å². The molecule has 0 fully saturated rings. The van der Waals surface area contributed by atoms with Crippen molar-refractivity contribution in [3.63, 3.8) is 0 Å². The molecule has 142 valence electrons. The minimum Gasteiger partial charge on any atom is -0.506 e. The summed E-state index contributed by atoms with van der Waals surface area (Å²) in [4.78, 5) is 11.5. The number of aromatic nitrogens is 7. The lowest BCUT2D eigenvalue weighted by atomic mass is 10.3. The molecule has 0 aliphatic carbocycles. The van der Waals surface area contributed by atoms with Crippen LogP contribution >= 0.6 is 0 Å². The molecule has 0 aromatic carbocycles. The molecule has 4 aromatic rings. The van der Waals surface area contributed by atoms with Crippen LogP contribution in [-0.4, -0.2) is 50.7 Å². The Balaban J connectivity index is 0.000000224. The Morgan fingerprint density at radius 2 is 1.03 bits per heavy atom. The fourth-order valence-corrected chi connectivity index (χ4v) is 2.04. The van der Waals surface area contributed by atoms with E-state index in [0.717, 1.165) is 0 Å². The minimum atomic E-state index is -0.0694. The zero-order valence-electron chi connectivity index (χ0n) is 14.6. The van der Waals surface area contributed by atoms with Gasteiger partial charge in [-0.3, -0.25) is 0 Å². The minimum absolute atomic E-state index is 0.0652. The Labute approximate surface area is 163 Å². The van der Waals surface area contributed by atoms with Crippen LogP contribution in [0, 0.1) is 11.3 Å². The second-order valence-electron chi connectivity index (χ2n) is 5.27. The highest BCUT2D eigenvalue weighted by atomic mass is 16.3. The Hall–Kier alpha value is -4.72. The molecule has 0 radical (unpaired) electrons. The summed E-state index contributed by atoms with van der Waals surface area (Å²) in [5.41, 5.74) is 0.436. The number of hydrogen-bond donors (Lipinski definition) is 3. The van der Waals surface area contributed by atoms with Crippen LogP contribution in [0.1, 0.15) is 5.69 Å². The van der Waals surface area contributed by atoms with Crippen molar-refractivity contribution >= 4 is 0 Å². The molecule has 0 spiro atoms. The zero-order valence-corrected chi connectivity index (χ0v) is 14.6. The van der Waals surface area contributed by atoms with Crippen molar-refractivity contribution in [2.45, 2.75) is 0 Å². The zero-order chi connectivity index (χ0) is 20.6. The molecule has 0 bridgehead atoms. The predicted octanol–water partition coefficient (Wildman–Crippen LogP) is 1.46. The average molecular weight is 388 g/mol. The number of aromatic hydroxyl groups is 3. The van der Waals surface area contributed by atoms with Crippen molar-refractivity contribution in [2.75, 3.05) is 0 Å². The van der Waals surface area contributed by atoms with Gasteiger partial charge in [-0.15, -0.1) is 20.4 Å². The molecule has 0 aliphatic heterocycles. The van der Waals surface area contributed by atoms with Gasteiger partial charge in [0.25, 0.3) is 0 Å². The van der Waals surface area contributed by atoms with Crippen molar-refractivity contribution in [1.29, 1.82) is 5.26 Å². The molecule has 0 saturated carbocycles. The van der Waals surface area contributed by atoms with E-state index in [9.17, 15) is 10.2 Å². The molecule has 0 atom stereocenters. The highest BCUT2D eigenvalue weighted by Crippen LogP contribution is 2.24. The predicted molar refractivity (Wildman–Crippen MR) is 98.0 cm³/mol. The van der Waals surface area contributed by atoms with Gasteiger partial charge in [0, 0.05) is 18.6 Å². The van der Waals surface area contributed by atoms with Crippen molar-refractivity contribution in [1.82, 2.24) is 35.3 Å². The van der Waals surface area contributed by atoms with Crippen molar-refractivity contribution < 1.29 is 15.3 Å². The summed E-state index contributed by atoms with van der Waals surface area (Å²) in [5.74, 6) is -0.0291. The number of pyridine rings is 3. The first-order valence-corrected chi connectivity index (χ1v) is 8.00. The maximum Gasteiger partial charge on any atom is 0.225 e. The summed E-state index contributed by atoms with van der Waals surface area (Å²) in [6, 6.07) is 10.8. The van der Waals surface area contributed by atoms with Gasteiger partial charge in [-0.25, -0.2) is 15.0 Å². The molecule has 4 rings (SSSR count). The van der Waals surface area contributed by atoms with Crippen LogP contribution in [0.2, 0.25) is 0 Å². The molecule has 0 unspecified atom stereocenters. The number of nitriles is 1. The molecule has 29 heavy (non-hydrogen) atoms. The fraction of sp³-hybridized carbons (Fsp3) is 0. The van der Waals surface area contributed by atoms with Gasteiger partial charge in [0.15, 0.2) is 22.8 Å². The number of nitrogens with zero attached hydrogens (tertiary/aromatic N) is 8. The van der Waals surface area contributed by atoms with E-state index >= 15 is 0 Å². The molecular weight excluding hydrogens is 376 g/mol. The first-order chi connectivity index (χ1) is 14.1. The number of rotatable bonds is 2. The van der Waals surface area contributed by atoms with Crippen LogP contribution in [0.3, 0.4) is 0 Å². The van der Waals surface area contributed by atoms with Crippen molar-refractivity contribution in [3.05, 3.63) is 60.7 Å². The van der Waals surface area contributed by atoms with E-state index in [-0.39, 0.29) is 46.0 Å². The summed E-state index contributed by atoms with van der Waals surface area (Å²) in [5, 5.41) is 51.7. The molecule has 11 heteroatoms. The topological polar surface area (TPSA) is 175 Å². The first kappa shape index (κ1) is 19.1. The lowest BCUT2D eigenvalue weighted by molar-refractivity contribution is 0.470. The van der Waals surface area contributed by atoms with Gasteiger partial charge in [0.05, 0.1) is 0 Å². The monoisotopic (exact) mass is 388 g/mol. The van der Waals surface area contributed by atoms with Gasteiger partial charge in [-0.2, -0.15) is 5.26 Å². The molecule has 3 N–H and O–H groups in total. The summed E-state index contributed by atoms with van der Waals surface area (Å²) >= 11 is 0. The van der Waals surface area contributed by atoms with E-state index in [4.69, 9.17) is 10.4 Å². The van der Waals surface area contributed by atoms with E-state index in [1.165, 1.54) is 36.8 Å². The van der Waals surface area contributed by atoms with Gasteiger partial charge in [0.2, 0.25) is 11.6 Å². The number of hydrogen-bond acceptors (Lipinski definition) is 11. The van der Waals surface area contributed by atoms with Crippen LogP contribution in [-0.2, 0) is 0 Å². The largest absolute Gasteiger partial charge is 0.506 e. The Morgan fingerprint density at radius 3 is 1.38 bits per heavy atom. The van der Waals surface area contributed by atoms with Crippen molar-refractivity contribution in [2.24, 2.45) is 0 Å². The SMILES string of the molecule is N#Cc1ncccc1O.Oc1cccnc1-c1nnc(-c2ncccc2O)nn1. The summed E-state index contributed by atoms with van der Waals surface area (Å²) in [6.07, 6.45) is 4.45. The fourth-order valence-electron chi connectivity index (χ4n) is 2.04. The van der Waals surface area contributed by atoms with E-state index in [2.05, 4.69) is 35.3 Å². The first-order valence-electron chi connectivity index (χ1n) is 8.00. The third kappa shape index (κ3) is 4.52. The lowest BCUT2D eigenvalue weighted by Crippen LogP contribution is -2.01. The van der Waals surface area contributed by atoms with Crippen LogP contribution in [0.4, 0.5) is 0 Å². The lowest BCUT2D eigenvalue weighted by Gasteiger charge is -2.02. The maximum absolute atomic E-state index is 9.64. The molecule has 0 amide bonds. The van der Waals surface area contributed by atoms with Gasteiger partial charge in [0.1, 0.15) is 17.6 Å². The average Bonchev–Trinajstić information content (AvgIpc) is 2.76. The summed E-state index contributed by atoms with van der Waals surface area (Å²) < 4.78 is 0. The normalized spacial score (nSPS) is 9.76. The Bertz CT molecular complexity index is 1100. The van der Waals surface area contributed by atoms with Gasteiger partial charge in [-0.1, -0.05) is 0 Å². The van der Waals surface area contributed by atoms with Gasteiger partial charge in [-0.05, 0) is 36.4 Å². The maximum atomic E-state index is 9.64.